The zero-order valence-electron chi connectivity index (χ0n) is 17.0. The van der Waals surface area contributed by atoms with Crippen molar-refractivity contribution in [3.8, 4) is 0 Å². The lowest BCUT2D eigenvalue weighted by atomic mass is 9.41. The first kappa shape index (κ1) is 18.4. The summed E-state index contributed by atoms with van der Waals surface area (Å²) < 4.78 is 0. The molecule has 0 aromatic rings. The summed E-state index contributed by atoms with van der Waals surface area (Å²) in [6, 6.07) is 0. The number of aliphatic hydroxyl groups excluding tert-OH is 1. The number of fused-ring (bicyclic) bond motifs is 2. The standard InChI is InChI=1S/C22H32O3Si/c1-20(2)15-7-10-22-12-14(26(4,5)6)13(18(24)19(22)25)11-16(22)21(15,3)9-8-17(20)23/h11-13,15,17,23H,7-10H2,1-6H3/t13-,15?,17?,21-,22-/m0/s1. The third-order valence-electron chi connectivity index (χ3n) is 8.23. The maximum absolute atomic E-state index is 13.2. The highest BCUT2D eigenvalue weighted by molar-refractivity contribution is 6.84. The zero-order chi connectivity index (χ0) is 19.3. The molecule has 142 valence electrons. The molecule has 1 N–H and O–H groups in total. The predicted molar refractivity (Wildman–Crippen MR) is 105 cm³/mol. The van der Waals surface area contributed by atoms with Gasteiger partial charge in [0, 0.05) is 0 Å². The molecule has 2 bridgehead atoms. The number of ketones is 2. The Morgan fingerprint density at radius 1 is 1.08 bits per heavy atom. The molecule has 1 spiro atoms. The molecule has 0 aromatic carbocycles. The summed E-state index contributed by atoms with van der Waals surface area (Å²) in [5, 5.41) is 11.9. The molecule has 5 rings (SSSR count). The molecule has 2 unspecified atom stereocenters. The van der Waals surface area contributed by atoms with E-state index in [0.717, 1.165) is 25.7 Å². The van der Waals surface area contributed by atoms with Gasteiger partial charge in [-0.15, -0.1) is 0 Å². The molecule has 3 nitrogen and oxygen atoms in total. The minimum absolute atomic E-state index is 0.100. The summed E-state index contributed by atoms with van der Waals surface area (Å²) in [6.07, 6.45) is 7.43. The number of allylic oxidation sites excluding steroid dienone is 4. The lowest BCUT2D eigenvalue weighted by Gasteiger charge is -2.62. The van der Waals surface area contributed by atoms with E-state index in [1.807, 2.05) is 0 Å². The van der Waals surface area contributed by atoms with Crippen LogP contribution < -0.4 is 0 Å². The van der Waals surface area contributed by atoms with E-state index in [4.69, 9.17) is 0 Å². The summed E-state index contributed by atoms with van der Waals surface area (Å²) >= 11 is 0. The summed E-state index contributed by atoms with van der Waals surface area (Å²) in [5.74, 6) is -0.311. The maximum atomic E-state index is 13.2. The topological polar surface area (TPSA) is 54.4 Å². The van der Waals surface area contributed by atoms with Crippen LogP contribution in [0.2, 0.25) is 19.6 Å². The molecule has 0 aliphatic heterocycles. The normalized spacial score (nSPS) is 44.2. The van der Waals surface area contributed by atoms with Crippen LogP contribution in [0, 0.1) is 28.1 Å². The minimum Gasteiger partial charge on any atom is -0.393 e. The van der Waals surface area contributed by atoms with Gasteiger partial charge in [0.05, 0.1) is 25.5 Å². The SMILES string of the molecule is CC1(C)C(O)CC[C@]2(C)C3=C[C@@H]4C(=O)C(=O)[C@]3(C=C4[Si](C)(C)C)CCC12. The second-order valence-corrected chi connectivity index (χ2v) is 16.0. The zero-order valence-corrected chi connectivity index (χ0v) is 18.0. The molecule has 2 saturated carbocycles. The number of carbonyl (C=O) groups excluding carboxylic acids is 2. The molecule has 5 atom stereocenters. The lowest BCUT2D eigenvalue weighted by molar-refractivity contribution is -0.148. The van der Waals surface area contributed by atoms with Gasteiger partial charge >= 0.3 is 0 Å². The average Bonchev–Trinajstić information content (AvgIpc) is 2.54. The Balaban J connectivity index is 1.89. The molecule has 5 aliphatic rings. The second kappa shape index (κ2) is 5.08. The molecular weight excluding hydrogens is 340 g/mol. The van der Waals surface area contributed by atoms with Crippen molar-refractivity contribution in [2.75, 3.05) is 0 Å². The molecule has 4 heteroatoms. The van der Waals surface area contributed by atoms with Crippen LogP contribution in [0.4, 0.5) is 0 Å². The first-order valence-electron chi connectivity index (χ1n) is 10.1. The van der Waals surface area contributed by atoms with E-state index in [1.54, 1.807) is 0 Å². The van der Waals surface area contributed by atoms with Crippen LogP contribution >= 0.6 is 0 Å². The molecule has 0 heterocycles. The van der Waals surface area contributed by atoms with Crippen LogP contribution in [0.5, 0.6) is 0 Å². The fourth-order valence-electron chi connectivity index (χ4n) is 6.73. The highest BCUT2D eigenvalue weighted by Crippen LogP contribution is 2.67. The number of carbonyl (C=O) groups is 2. The maximum Gasteiger partial charge on any atom is 0.213 e. The summed E-state index contributed by atoms with van der Waals surface area (Å²) in [6.45, 7) is 13.5. The Labute approximate surface area is 157 Å². The van der Waals surface area contributed by atoms with Crippen LogP contribution in [0.3, 0.4) is 0 Å². The van der Waals surface area contributed by atoms with Crippen LogP contribution in [-0.2, 0) is 9.59 Å². The van der Waals surface area contributed by atoms with Crippen molar-refractivity contribution < 1.29 is 14.7 Å². The van der Waals surface area contributed by atoms with E-state index in [2.05, 4.69) is 52.6 Å². The molecular formula is C22H32O3Si. The van der Waals surface area contributed by atoms with Gasteiger partial charge in [0.2, 0.25) is 11.6 Å². The van der Waals surface area contributed by atoms with Crippen molar-refractivity contribution in [1.82, 2.24) is 0 Å². The van der Waals surface area contributed by atoms with Crippen LogP contribution in [0.1, 0.15) is 46.5 Å². The summed E-state index contributed by atoms with van der Waals surface area (Å²) in [7, 11) is -1.67. The van der Waals surface area contributed by atoms with Crippen molar-refractivity contribution in [3.63, 3.8) is 0 Å². The second-order valence-electron chi connectivity index (χ2n) is 11.0. The first-order chi connectivity index (χ1) is 11.9. The Kier molecular flexibility index (Phi) is 3.59. The largest absolute Gasteiger partial charge is 0.393 e. The monoisotopic (exact) mass is 372 g/mol. The van der Waals surface area contributed by atoms with Crippen molar-refractivity contribution in [1.29, 1.82) is 0 Å². The van der Waals surface area contributed by atoms with Gasteiger partial charge in [-0.3, -0.25) is 9.59 Å². The third kappa shape index (κ3) is 2.03. The Hall–Kier alpha value is -1.00. The van der Waals surface area contributed by atoms with Crippen molar-refractivity contribution in [2.45, 2.75) is 72.2 Å². The fourth-order valence-corrected chi connectivity index (χ4v) is 8.56. The molecule has 0 saturated heterocycles. The minimum atomic E-state index is -1.67. The van der Waals surface area contributed by atoms with Crippen molar-refractivity contribution >= 4 is 19.6 Å². The Morgan fingerprint density at radius 2 is 1.73 bits per heavy atom. The average molecular weight is 373 g/mol. The van der Waals surface area contributed by atoms with Gasteiger partial charge in [0.1, 0.15) is 0 Å². The Morgan fingerprint density at radius 3 is 2.35 bits per heavy atom. The Bertz CT molecular complexity index is 769. The molecule has 0 radical (unpaired) electrons. The molecule has 26 heavy (non-hydrogen) atoms. The van der Waals surface area contributed by atoms with E-state index < -0.39 is 13.5 Å². The van der Waals surface area contributed by atoms with Gasteiger partial charge in [-0.25, -0.2) is 0 Å². The summed E-state index contributed by atoms with van der Waals surface area (Å²) in [4.78, 5) is 26.1. The summed E-state index contributed by atoms with van der Waals surface area (Å²) in [5.41, 5.74) is 0.255. The number of hydrogen-bond acceptors (Lipinski definition) is 3. The highest BCUT2D eigenvalue weighted by atomic mass is 28.3. The van der Waals surface area contributed by atoms with Crippen LogP contribution in [0.15, 0.2) is 22.9 Å². The van der Waals surface area contributed by atoms with Gasteiger partial charge in [-0.1, -0.05) is 57.8 Å². The van der Waals surface area contributed by atoms with Gasteiger partial charge < -0.3 is 5.11 Å². The molecule has 2 fully saturated rings. The third-order valence-corrected chi connectivity index (χ3v) is 10.4. The number of hydrogen-bond donors (Lipinski definition) is 1. The van der Waals surface area contributed by atoms with Gasteiger partial charge in [-0.05, 0) is 48.0 Å². The van der Waals surface area contributed by atoms with Gasteiger partial charge in [-0.2, -0.15) is 0 Å². The number of Topliss-reactive ketones (excluding diaryl/α,β-unsaturated/α-hetero) is 2. The van der Waals surface area contributed by atoms with E-state index >= 15 is 0 Å². The smallest absolute Gasteiger partial charge is 0.213 e. The molecule has 0 aromatic heterocycles. The van der Waals surface area contributed by atoms with Crippen molar-refractivity contribution in [3.05, 3.63) is 22.9 Å². The van der Waals surface area contributed by atoms with Gasteiger partial charge in [0.25, 0.3) is 0 Å². The lowest BCUT2D eigenvalue weighted by Crippen LogP contribution is -2.61. The van der Waals surface area contributed by atoms with E-state index in [-0.39, 0.29) is 34.4 Å². The number of aliphatic hydroxyl groups is 1. The van der Waals surface area contributed by atoms with E-state index in [0.29, 0.717) is 5.92 Å². The number of rotatable bonds is 1. The first-order valence-corrected chi connectivity index (χ1v) is 13.6. The quantitative estimate of drug-likeness (QED) is 0.429. The van der Waals surface area contributed by atoms with E-state index in [9.17, 15) is 14.7 Å². The van der Waals surface area contributed by atoms with Crippen LogP contribution in [0.25, 0.3) is 0 Å². The van der Waals surface area contributed by atoms with E-state index in [1.165, 1.54) is 10.8 Å². The fraction of sp³-hybridized carbons (Fsp3) is 0.727. The molecule has 0 amide bonds. The highest BCUT2D eigenvalue weighted by Gasteiger charge is 2.65. The van der Waals surface area contributed by atoms with Crippen LogP contribution in [-0.4, -0.2) is 30.9 Å². The van der Waals surface area contributed by atoms with Gasteiger partial charge in [0.15, 0.2) is 0 Å². The molecule has 5 aliphatic carbocycles. The predicted octanol–water partition coefficient (Wildman–Crippen LogP) is 4.08. The van der Waals surface area contributed by atoms with Crippen molar-refractivity contribution in [2.24, 2.45) is 28.1 Å².